The van der Waals surface area contributed by atoms with E-state index in [9.17, 15) is 14.4 Å². The number of aryl methyl sites for hydroxylation is 1. The number of fused-ring (bicyclic) bond motifs is 4. The summed E-state index contributed by atoms with van der Waals surface area (Å²) in [7, 11) is 3.44. The summed E-state index contributed by atoms with van der Waals surface area (Å²) in [5.74, 6) is 0.331. The molecule has 0 saturated carbocycles. The van der Waals surface area contributed by atoms with Gasteiger partial charge in [-0.3, -0.25) is 14.4 Å². The summed E-state index contributed by atoms with van der Waals surface area (Å²) < 4.78 is 22.6. The Morgan fingerprint density at radius 3 is 2.52 bits per heavy atom. The number of pyridine rings is 1. The van der Waals surface area contributed by atoms with E-state index in [-0.39, 0.29) is 23.9 Å². The number of hydrogen-bond donors (Lipinski definition) is 4. The first kappa shape index (κ1) is 43.9. The molecule has 0 spiro atoms. The molecular weight excluding hydrogens is 809 g/mol. The van der Waals surface area contributed by atoms with Crippen molar-refractivity contribution >= 4 is 61.1 Å². The van der Waals surface area contributed by atoms with Crippen LogP contribution in [0.2, 0.25) is 0 Å². The predicted octanol–water partition coefficient (Wildman–Crippen LogP) is 4.81. The Balaban J connectivity index is 0.000000752. The Labute approximate surface area is 363 Å². The molecule has 0 radical (unpaired) electrons. The van der Waals surface area contributed by atoms with Crippen molar-refractivity contribution in [2.24, 2.45) is 7.05 Å². The summed E-state index contributed by atoms with van der Waals surface area (Å²) >= 11 is 1.47. The third kappa shape index (κ3) is 11.4. The molecule has 6 heterocycles. The van der Waals surface area contributed by atoms with Gasteiger partial charge in [0.1, 0.15) is 28.5 Å². The fourth-order valence-corrected chi connectivity index (χ4v) is 8.26. The van der Waals surface area contributed by atoms with Gasteiger partial charge in [0, 0.05) is 49.0 Å². The molecule has 5 N–H and O–H groups in total. The SMILES string of the molecule is C1CCCNCC1.COc1cccc(Cn2ncc3c4sc(COCCOCCNC(=O)Cn5ccc6cc(C(=O)NCCc7ccc(N)cc7)cnc65)nc4n(C)c3c2=O)c1. The fourth-order valence-electron chi connectivity index (χ4n) is 7.22. The Hall–Kier alpha value is -6.14. The molecule has 1 aliphatic rings. The van der Waals surface area contributed by atoms with Crippen molar-refractivity contribution in [1.82, 2.24) is 44.8 Å². The highest BCUT2D eigenvalue weighted by Crippen LogP contribution is 2.31. The number of amides is 2. The van der Waals surface area contributed by atoms with Crippen LogP contribution in [-0.4, -0.2) is 93.8 Å². The molecular formula is C45H54N10O6S. The molecule has 0 bridgehead atoms. The van der Waals surface area contributed by atoms with Gasteiger partial charge in [-0.25, -0.2) is 14.6 Å². The molecule has 7 aromatic rings. The molecule has 1 saturated heterocycles. The van der Waals surface area contributed by atoms with Crippen molar-refractivity contribution in [1.29, 1.82) is 0 Å². The minimum absolute atomic E-state index is 0.0831. The highest BCUT2D eigenvalue weighted by Gasteiger charge is 2.19. The van der Waals surface area contributed by atoms with Gasteiger partial charge in [0.15, 0.2) is 5.65 Å². The van der Waals surface area contributed by atoms with E-state index >= 15 is 0 Å². The van der Waals surface area contributed by atoms with Crippen molar-refractivity contribution in [2.45, 2.75) is 51.8 Å². The van der Waals surface area contributed by atoms with Crippen molar-refractivity contribution in [3.05, 3.63) is 111 Å². The summed E-state index contributed by atoms with van der Waals surface area (Å²) in [5, 5.41) is 15.9. The Morgan fingerprint density at radius 2 is 1.71 bits per heavy atom. The van der Waals surface area contributed by atoms with Gasteiger partial charge in [-0.15, -0.1) is 11.3 Å². The van der Waals surface area contributed by atoms with Crippen LogP contribution >= 0.6 is 11.3 Å². The van der Waals surface area contributed by atoms with Crippen LogP contribution < -0.4 is 32.0 Å². The number of nitrogens with one attached hydrogen (secondary N) is 3. The van der Waals surface area contributed by atoms with Gasteiger partial charge in [0.05, 0.1) is 56.5 Å². The molecule has 17 heteroatoms. The second-order valence-electron chi connectivity index (χ2n) is 15.0. The molecule has 16 nitrogen and oxygen atoms in total. The van der Waals surface area contributed by atoms with Gasteiger partial charge in [0.25, 0.3) is 11.5 Å². The predicted molar refractivity (Wildman–Crippen MR) is 242 cm³/mol. The standard InChI is InChI=1S/C39H41N9O6S.C6H13N/c1-46-34-31(21-44-48(39(34)51)22-26-4-3-5-30(18-26)52-2)35-37(46)45-33(55-35)24-54-17-16-53-15-13-41-32(49)23-47-14-11-27-19-28(20-43-36(27)47)38(50)42-12-10-25-6-8-29(40)9-7-25;1-2-4-6-7-5-3-1/h3-9,11,14,18-21H,10,12-13,15-17,22-24,40H2,1-2H3,(H,41,49)(H,42,50);7H,1-6H2. The number of thiazole rings is 1. The number of aromatic nitrogens is 6. The van der Waals surface area contributed by atoms with E-state index in [4.69, 9.17) is 24.9 Å². The van der Waals surface area contributed by atoms with Crippen LogP contribution in [0.15, 0.2) is 84.0 Å². The monoisotopic (exact) mass is 862 g/mol. The topological polar surface area (TPSA) is 194 Å². The first-order valence-corrected chi connectivity index (χ1v) is 21.8. The van der Waals surface area contributed by atoms with Gasteiger partial charge < -0.3 is 45.0 Å². The second-order valence-corrected chi connectivity index (χ2v) is 16.1. The number of carbonyl (C=O) groups is 2. The lowest BCUT2D eigenvalue weighted by Crippen LogP contribution is -2.30. The fraction of sp³-hybridized carbons (Fsp3) is 0.378. The molecule has 2 aromatic carbocycles. The van der Waals surface area contributed by atoms with E-state index in [1.165, 1.54) is 61.0 Å². The molecule has 5 aromatic heterocycles. The number of carbonyl (C=O) groups excluding carboxylic acids is 2. The van der Waals surface area contributed by atoms with Crippen molar-refractivity contribution in [3.8, 4) is 5.75 Å². The van der Waals surface area contributed by atoms with Gasteiger partial charge in [-0.1, -0.05) is 37.1 Å². The lowest BCUT2D eigenvalue weighted by molar-refractivity contribution is -0.121. The third-order valence-corrected chi connectivity index (χ3v) is 11.6. The van der Waals surface area contributed by atoms with Gasteiger partial charge in [-0.05, 0) is 79.9 Å². The van der Waals surface area contributed by atoms with Gasteiger partial charge in [0.2, 0.25) is 5.91 Å². The van der Waals surface area contributed by atoms with E-state index in [0.717, 1.165) is 37.4 Å². The van der Waals surface area contributed by atoms with Crippen LogP contribution in [0.25, 0.3) is 32.3 Å². The minimum Gasteiger partial charge on any atom is -0.497 e. The normalized spacial score (nSPS) is 12.9. The summed E-state index contributed by atoms with van der Waals surface area (Å²) in [6, 6.07) is 18.7. The average Bonchev–Trinajstić information content (AvgIpc) is 3.86. The molecule has 8 rings (SSSR count). The smallest absolute Gasteiger partial charge is 0.291 e. The van der Waals surface area contributed by atoms with Crippen LogP contribution in [0.3, 0.4) is 0 Å². The molecule has 326 valence electrons. The number of anilines is 1. The van der Waals surface area contributed by atoms with Crippen molar-refractivity contribution in [3.63, 3.8) is 0 Å². The molecule has 0 aliphatic carbocycles. The van der Waals surface area contributed by atoms with E-state index in [1.54, 1.807) is 30.1 Å². The quantitative estimate of drug-likeness (QED) is 0.0726. The van der Waals surface area contributed by atoms with E-state index in [0.29, 0.717) is 80.5 Å². The van der Waals surface area contributed by atoms with E-state index in [2.05, 4.69) is 26.0 Å². The van der Waals surface area contributed by atoms with Gasteiger partial charge >= 0.3 is 0 Å². The first-order chi connectivity index (χ1) is 30.3. The number of ether oxygens (including phenoxy) is 3. The molecule has 1 aliphatic heterocycles. The van der Waals surface area contributed by atoms with Crippen LogP contribution in [0, 0.1) is 0 Å². The highest BCUT2D eigenvalue weighted by atomic mass is 32.1. The molecule has 2 amide bonds. The first-order valence-electron chi connectivity index (χ1n) is 20.9. The summed E-state index contributed by atoms with van der Waals surface area (Å²) in [6.45, 7) is 5.07. The maximum Gasteiger partial charge on any atom is 0.291 e. The van der Waals surface area contributed by atoms with Crippen molar-refractivity contribution in [2.75, 3.05) is 58.8 Å². The zero-order chi connectivity index (χ0) is 43.3. The number of hydrogen-bond acceptors (Lipinski definition) is 12. The molecule has 0 unspecified atom stereocenters. The highest BCUT2D eigenvalue weighted by molar-refractivity contribution is 7.19. The van der Waals surface area contributed by atoms with E-state index in [1.807, 2.05) is 66.2 Å². The Kier molecular flexibility index (Phi) is 15.3. The zero-order valence-electron chi connectivity index (χ0n) is 35.2. The molecule has 0 atom stereocenters. The lowest BCUT2D eigenvalue weighted by Gasteiger charge is -2.09. The van der Waals surface area contributed by atoms with Crippen LogP contribution in [0.1, 0.15) is 52.2 Å². The number of methoxy groups -OCH3 is 1. The number of benzene rings is 2. The zero-order valence-corrected chi connectivity index (χ0v) is 36.0. The van der Waals surface area contributed by atoms with Crippen LogP contribution in [-0.2, 0) is 47.4 Å². The summed E-state index contributed by atoms with van der Waals surface area (Å²) in [4.78, 5) is 47.8. The molecule has 1 fully saturated rings. The van der Waals surface area contributed by atoms with Crippen LogP contribution in [0.5, 0.6) is 5.75 Å². The van der Waals surface area contributed by atoms with Crippen LogP contribution in [0.4, 0.5) is 5.69 Å². The molecule has 62 heavy (non-hydrogen) atoms. The number of nitrogens with zero attached hydrogens (tertiary/aromatic N) is 6. The maximum atomic E-state index is 13.4. The second kappa shape index (κ2) is 21.6. The lowest BCUT2D eigenvalue weighted by atomic mass is 10.1. The Morgan fingerprint density at radius 1 is 0.903 bits per heavy atom. The van der Waals surface area contributed by atoms with Crippen molar-refractivity contribution < 1.29 is 23.8 Å². The summed E-state index contributed by atoms with van der Waals surface area (Å²) in [5.41, 5.74) is 10.6. The van der Waals surface area contributed by atoms with Gasteiger partial charge in [-0.2, -0.15) is 5.10 Å². The Bertz CT molecular complexity index is 2630. The van der Waals surface area contributed by atoms with E-state index < -0.39 is 0 Å². The number of nitrogen functional groups attached to an aromatic ring is 1. The number of rotatable bonds is 17. The number of nitrogens with two attached hydrogens (primary N) is 1. The minimum atomic E-state index is -0.209. The summed E-state index contributed by atoms with van der Waals surface area (Å²) in [6.07, 6.45) is 11.4. The largest absolute Gasteiger partial charge is 0.497 e. The third-order valence-electron chi connectivity index (χ3n) is 10.5. The average molecular weight is 863 g/mol. The maximum absolute atomic E-state index is 13.4.